The molecule has 2 unspecified atom stereocenters. The molecule has 3 rings (SSSR count). The third-order valence-electron chi connectivity index (χ3n) is 4.41. The predicted molar refractivity (Wildman–Crippen MR) is 96.5 cm³/mol. The fourth-order valence-electron chi connectivity index (χ4n) is 3.32. The van der Waals surface area contributed by atoms with Crippen LogP contribution in [0.4, 0.5) is 0 Å². The van der Waals surface area contributed by atoms with Gasteiger partial charge in [-0.1, -0.05) is 20.3 Å². The molecular formula is C17H24N2OS2. The van der Waals surface area contributed by atoms with E-state index in [9.17, 15) is 0 Å². The first kappa shape index (κ1) is 16.1. The second-order valence-electron chi connectivity index (χ2n) is 5.93. The van der Waals surface area contributed by atoms with Crippen LogP contribution < -0.4 is 4.74 Å². The molecule has 0 N–H and O–H groups in total. The summed E-state index contributed by atoms with van der Waals surface area (Å²) in [5.74, 6) is 2.63. The Morgan fingerprint density at radius 2 is 2.27 bits per heavy atom. The highest BCUT2D eigenvalue weighted by Crippen LogP contribution is 2.46. The van der Waals surface area contributed by atoms with E-state index in [2.05, 4.69) is 30.1 Å². The quantitative estimate of drug-likeness (QED) is 0.709. The minimum atomic E-state index is 0.263. The molecule has 120 valence electrons. The first-order valence-electron chi connectivity index (χ1n) is 8.20. The Morgan fingerprint density at radius 3 is 3.00 bits per heavy atom. The van der Waals surface area contributed by atoms with E-state index in [4.69, 9.17) is 4.74 Å². The van der Waals surface area contributed by atoms with Gasteiger partial charge in [-0.2, -0.15) is 11.8 Å². The van der Waals surface area contributed by atoms with Gasteiger partial charge < -0.3 is 4.74 Å². The van der Waals surface area contributed by atoms with Gasteiger partial charge in [-0.25, -0.2) is 9.97 Å². The Labute approximate surface area is 140 Å². The van der Waals surface area contributed by atoms with E-state index in [0.29, 0.717) is 5.92 Å². The average Bonchev–Trinajstić information content (AvgIpc) is 3.07. The third kappa shape index (κ3) is 2.98. The van der Waals surface area contributed by atoms with Gasteiger partial charge in [-0.3, -0.25) is 0 Å². The van der Waals surface area contributed by atoms with Crippen LogP contribution in [0.2, 0.25) is 0 Å². The molecule has 2 atom stereocenters. The molecule has 3 nitrogen and oxygen atoms in total. The number of aryl methyl sites for hydroxylation is 1. The van der Waals surface area contributed by atoms with Crippen LogP contribution in [0.25, 0.3) is 10.2 Å². The van der Waals surface area contributed by atoms with E-state index in [0.717, 1.165) is 30.0 Å². The Hall–Kier alpha value is -0.810. The molecule has 2 aromatic rings. The molecule has 0 amide bonds. The Morgan fingerprint density at radius 1 is 1.41 bits per heavy atom. The molecule has 5 heteroatoms. The number of hydrogen-bond donors (Lipinski definition) is 0. The van der Waals surface area contributed by atoms with Gasteiger partial charge >= 0.3 is 0 Å². The van der Waals surface area contributed by atoms with Crippen LogP contribution >= 0.6 is 23.1 Å². The molecule has 0 aromatic carbocycles. The molecule has 0 saturated heterocycles. The third-order valence-corrected chi connectivity index (χ3v) is 6.32. The molecule has 2 aromatic heterocycles. The molecule has 0 fully saturated rings. The van der Waals surface area contributed by atoms with Gasteiger partial charge in [0.15, 0.2) is 0 Å². The topological polar surface area (TPSA) is 35.0 Å². The maximum Gasteiger partial charge on any atom is 0.225 e. The second kappa shape index (κ2) is 7.18. The van der Waals surface area contributed by atoms with Crippen molar-refractivity contribution in [2.75, 3.05) is 12.0 Å². The lowest BCUT2D eigenvalue weighted by atomic mass is 10.0. The van der Waals surface area contributed by atoms with Crippen molar-refractivity contribution in [2.24, 2.45) is 0 Å². The Kier molecular flexibility index (Phi) is 5.24. The monoisotopic (exact) mass is 336 g/mol. The number of nitrogens with zero attached hydrogens (tertiary/aromatic N) is 2. The van der Waals surface area contributed by atoms with Gasteiger partial charge in [0, 0.05) is 4.88 Å². The summed E-state index contributed by atoms with van der Waals surface area (Å²) in [6, 6.07) is 0. The van der Waals surface area contributed by atoms with Crippen molar-refractivity contribution in [3.63, 3.8) is 0 Å². The number of ether oxygens (including phenoxy) is 1. The lowest BCUT2D eigenvalue weighted by Gasteiger charge is -2.17. The number of thioether (sulfide) groups is 1. The number of thiophene rings is 1. The molecule has 1 aliphatic rings. The first-order valence-corrected chi connectivity index (χ1v) is 10.4. The van der Waals surface area contributed by atoms with E-state index < -0.39 is 0 Å². The molecule has 1 aliphatic carbocycles. The SMILES string of the molecule is CCCC(CC)Oc1ncnc2sc3c(c12)C(CSC)CC3. The summed E-state index contributed by atoms with van der Waals surface area (Å²) in [5, 5.41) is 1.20. The molecule has 0 spiro atoms. The highest BCUT2D eigenvalue weighted by atomic mass is 32.2. The summed E-state index contributed by atoms with van der Waals surface area (Å²) in [6.07, 6.45) is 9.82. The minimum absolute atomic E-state index is 0.263. The van der Waals surface area contributed by atoms with Crippen molar-refractivity contribution >= 4 is 33.3 Å². The van der Waals surface area contributed by atoms with Gasteiger partial charge in [-0.15, -0.1) is 11.3 Å². The summed E-state index contributed by atoms with van der Waals surface area (Å²) < 4.78 is 6.28. The van der Waals surface area contributed by atoms with E-state index in [-0.39, 0.29) is 6.10 Å². The first-order chi connectivity index (χ1) is 10.8. The van der Waals surface area contributed by atoms with Crippen molar-refractivity contribution in [2.45, 2.75) is 58.0 Å². The normalized spacial score (nSPS) is 18.6. The van der Waals surface area contributed by atoms with Crippen molar-refractivity contribution in [1.29, 1.82) is 0 Å². The van der Waals surface area contributed by atoms with Gasteiger partial charge in [0.2, 0.25) is 5.88 Å². The van der Waals surface area contributed by atoms with Gasteiger partial charge in [0.1, 0.15) is 17.3 Å². The molecule has 0 saturated carbocycles. The zero-order valence-corrected chi connectivity index (χ0v) is 15.2. The summed E-state index contributed by atoms with van der Waals surface area (Å²) in [5.41, 5.74) is 1.48. The lowest BCUT2D eigenvalue weighted by Crippen LogP contribution is -2.16. The van der Waals surface area contributed by atoms with E-state index in [1.807, 2.05) is 23.1 Å². The van der Waals surface area contributed by atoms with Crippen molar-refractivity contribution < 1.29 is 4.74 Å². The van der Waals surface area contributed by atoms with Crippen LogP contribution in [-0.2, 0) is 6.42 Å². The van der Waals surface area contributed by atoms with Crippen LogP contribution in [0, 0.1) is 0 Å². The second-order valence-corrected chi connectivity index (χ2v) is 7.92. The van der Waals surface area contributed by atoms with Gasteiger partial charge in [-0.05, 0) is 49.2 Å². The van der Waals surface area contributed by atoms with E-state index in [1.165, 1.54) is 34.4 Å². The fourth-order valence-corrected chi connectivity index (χ4v) is 5.29. The zero-order valence-electron chi connectivity index (χ0n) is 13.6. The molecule has 0 bridgehead atoms. The fraction of sp³-hybridized carbons (Fsp3) is 0.647. The van der Waals surface area contributed by atoms with Crippen LogP contribution in [0.3, 0.4) is 0 Å². The number of rotatable bonds is 7. The van der Waals surface area contributed by atoms with Crippen LogP contribution in [-0.4, -0.2) is 28.1 Å². The maximum absolute atomic E-state index is 6.28. The predicted octanol–water partition coefficient (Wildman–Crippen LogP) is 5.04. The van der Waals surface area contributed by atoms with Gasteiger partial charge in [0.25, 0.3) is 0 Å². The minimum Gasteiger partial charge on any atom is -0.474 e. The van der Waals surface area contributed by atoms with E-state index >= 15 is 0 Å². The van der Waals surface area contributed by atoms with Crippen LogP contribution in [0.15, 0.2) is 6.33 Å². The maximum atomic E-state index is 6.28. The molecule has 2 heterocycles. The molecule has 0 radical (unpaired) electrons. The molecular weight excluding hydrogens is 312 g/mol. The van der Waals surface area contributed by atoms with Gasteiger partial charge in [0.05, 0.1) is 5.39 Å². The van der Waals surface area contributed by atoms with Crippen molar-refractivity contribution in [3.05, 3.63) is 16.8 Å². The largest absolute Gasteiger partial charge is 0.474 e. The number of hydrogen-bond acceptors (Lipinski definition) is 5. The number of fused-ring (bicyclic) bond motifs is 3. The van der Waals surface area contributed by atoms with Crippen LogP contribution in [0.1, 0.15) is 55.9 Å². The van der Waals surface area contributed by atoms with Crippen LogP contribution in [0.5, 0.6) is 5.88 Å². The highest BCUT2D eigenvalue weighted by molar-refractivity contribution is 7.98. The lowest BCUT2D eigenvalue weighted by molar-refractivity contribution is 0.180. The highest BCUT2D eigenvalue weighted by Gasteiger charge is 2.30. The van der Waals surface area contributed by atoms with E-state index in [1.54, 1.807) is 6.33 Å². The summed E-state index contributed by atoms with van der Waals surface area (Å²) in [6.45, 7) is 4.39. The zero-order chi connectivity index (χ0) is 15.5. The standard InChI is InChI=1S/C17H24N2OS2/c1-4-6-12(5-2)20-16-15-14-11(9-21-3)7-8-13(14)22-17(15)19-10-18-16/h10-12H,4-9H2,1-3H3. The Bertz CT molecular complexity index is 641. The summed E-state index contributed by atoms with van der Waals surface area (Å²) in [7, 11) is 0. The molecule has 22 heavy (non-hydrogen) atoms. The Balaban J connectivity index is 2.00. The average molecular weight is 337 g/mol. The summed E-state index contributed by atoms with van der Waals surface area (Å²) >= 11 is 3.77. The molecule has 0 aliphatic heterocycles. The van der Waals surface area contributed by atoms with Crippen molar-refractivity contribution in [1.82, 2.24) is 9.97 Å². The number of aromatic nitrogens is 2. The smallest absolute Gasteiger partial charge is 0.225 e. The van der Waals surface area contributed by atoms with Crippen molar-refractivity contribution in [3.8, 4) is 5.88 Å². The summed E-state index contributed by atoms with van der Waals surface area (Å²) in [4.78, 5) is 11.6.